The van der Waals surface area contributed by atoms with Crippen LogP contribution in [0, 0.1) is 6.92 Å². The lowest BCUT2D eigenvalue weighted by atomic mass is 10.2. The van der Waals surface area contributed by atoms with Crippen molar-refractivity contribution in [2.45, 2.75) is 12.1 Å². The summed E-state index contributed by atoms with van der Waals surface area (Å²) < 4.78 is 1.46. The minimum Gasteiger partial charge on any atom is -0.478 e. The maximum absolute atomic E-state index is 12.4. The number of carbonyl (C=O) groups is 2. The van der Waals surface area contributed by atoms with Crippen LogP contribution in [0.3, 0.4) is 0 Å². The van der Waals surface area contributed by atoms with Crippen molar-refractivity contribution in [2.24, 2.45) is 0 Å². The van der Waals surface area contributed by atoms with Gasteiger partial charge in [-0.25, -0.2) is 9.78 Å². The number of carboxylic acid groups (broad SMARTS) is 1. The van der Waals surface area contributed by atoms with E-state index in [1.807, 2.05) is 18.2 Å². The SMILES string of the molecule is Cc1cc(=O)n(-c2ccccc2)c(SCC(=O)Nc2ccc(C(=O)O)cc2)n1. The van der Waals surface area contributed by atoms with Crippen LogP contribution in [-0.4, -0.2) is 32.3 Å². The molecule has 3 rings (SSSR count). The molecule has 2 N–H and O–H groups in total. The number of carbonyl (C=O) groups excluding carboxylic acids is 1. The molecule has 0 atom stereocenters. The highest BCUT2D eigenvalue weighted by atomic mass is 32.2. The van der Waals surface area contributed by atoms with Gasteiger partial charge < -0.3 is 10.4 Å². The van der Waals surface area contributed by atoms with Crippen LogP contribution in [0.1, 0.15) is 16.1 Å². The highest BCUT2D eigenvalue weighted by molar-refractivity contribution is 7.99. The van der Waals surface area contributed by atoms with E-state index < -0.39 is 5.97 Å². The second-order valence-electron chi connectivity index (χ2n) is 5.91. The molecular formula is C20H17N3O4S. The first kappa shape index (κ1) is 19.4. The molecule has 0 radical (unpaired) electrons. The fourth-order valence-electron chi connectivity index (χ4n) is 2.51. The van der Waals surface area contributed by atoms with Crippen LogP contribution in [0.15, 0.2) is 70.6 Å². The van der Waals surface area contributed by atoms with E-state index in [9.17, 15) is 14.4 Å². The summed E-state index contributed by atoms with van der Waals surface area (Å²) in [5.74, 6) is -1.27. The summed E-state index contributed by atoms with van der Waals surface area (Å²) in [6, 6.07) is 16.4. The molecule has 1 amide bonds. The van der Waals surface area contributed by atoms with Gasteiger partial charge in [-0.15, -0.1) is 0 Å². The molecule has 0 spiro atoms. The first-order chi connectivity index (χ1) is 13.4. The second-order valence-corrected chi connectivity index (χ2v) is 6.85. The zero-order valence-corrected chi connectivity index (χ0v) is 15.8. The minimum atomic E-state index is -1.03. The van der Waals surface area contributed by atoms with Gasteiger partial charge in [0.05, 0.1) is 17.0 Å². The molecule has 28 heavy (non-hydrogen) atoms. The van der Waals surface area contributed by atoms with Gasteiger partial charge in [-0.05, 0) is 43.3 Å². The third-order valence-electron chi connectivity index (χ3n) is 3.78. The molecule has 0 bridgehead atoms. The molecule has 1 aromatic heterocycles. The van der Waals surface area contributed by atoms with E-state index in [4.69, 9.17) is 5.11 Å². The van der Waals surface area contributed by atoms with Crippen molar-refractivity contribution in [3.05, 3.63) is 82.3 Å². The van der Waals surface area contributed by atoms with Crippen molar-refractivity contribution in [1.82, 2.24) is 9.55 Å². The molecule has 142 valence electrons. The quantitative estimate of drug-likeness (QED) is 0.492. The van der Waals surface area contributed by atoms with Crippen molar-refractivity contribution in [3.63, 3.8) is 0 Å². The highest BCUT2D eigenvalue weighted by Crippen LogP contribution is 2.19. The maximum Gasteiger partial charge on any atom is 0.335 e. The summed E-state index contributed by atoms with van der Waals surface area (Å²) in [6.07, 6.45) is 0. The number of benzene rings is 2. The van der Waals surface area contributed by atoms with E-state index >= 15 is 0 Å². The van der Waals surface area contributed by atoms with Crippen LogP contribution in [0.2, 0.25) is 0 Å². The average molecular weight is 395 g/mol. The number of nitrogens with one attached hydrogen (secondary N) is 1. The van der Waals surface area contributed by atoms with Gasteiger partial charge in [-0.1, -0.05) is 30.0 Å². The molecule has 2 aromatic carbocycles. The number of carboxylic acids is 1. The van der Waals surface area contributed by atoms with E-state index in [-0.39, 0.29) is 22.8 Å². The molecule has 0 aliphatic heterocycles. The summed E-state index contributed by atoms with van der Waals surface area (Å²) in [7, 11) is 0. The summed E-state index contributed by atoms with van der Waals surface area (Å²) >= 11 is 1.15. The predicted octanol–water partition coefficient (Wildman–Crippen LogP) is 2.97. The number of nitrogens with zero attached hydrogens (tertiary/aromatic N) is 2. The molecule has 0 aliphatic carbocycles. The van der Waals surface area contributed by atoms with Crippen molar-refractivity contribution in [2.75, 3.05) is 11.1 Å². The topological polar surface area (TPSA) is 101 Å². The van der Waals surface area contributed by atoms with Gasteiger partial charge in [0.1, 0.15) is 0 Å². The fraction of sp³-hybridized carbons (Fsp3) is 0.100. The van der Waals surface area contributed by atoms with Crippen LogP contribution in [0.4, 0.5) is 5.69 Å². The number of aryl methyl sites for hydroxylation is 1. The Bertz CT molecular complexity index is 1060. The van der Waals surface area contributed by atoms with Gasteiger partial charge in [0, 0.05) is 17.4 Å². The Hall–Kier alpha value is -3.39. The highest BCUT2D eigenvalue weighted by Gasteiger charge is 2.12. The summed E-state index contributed by atoms with van der Waals surface area (Å²) in [6.45, 7) is 1.73. The molecule has 8 heteroatoms. The second kappa shape index (κ2) is 8.53. The zero-order valence-electron chi connectivity index (χ0n) is 15.0. The summed E-state index contributed by atoms with van der Waals surface area (Å²) in [5.41, 5.74) is 1.67. The Labute approximate surface area is 165 Å². The largest absolute Gasteiger partial charge is 0.478 e. The van der Waals surface area contributed by atoms with Crippen LogP contribution < -0.4 is 10.9 Å². The van der Waals surface area contributed by atoms with E-state index in [1.165, 1.54) is 34.9 Å². The fourth-order valence-corrected chi connectivity index (χ4v) is 3.37. The summed E-state index contributed by atoms with van der Waals surface area (Å²) in [4.78, 5) is 40.0. The van der Waals surface area contributed by atoms with E-state index in [0.29, 0.717) is 22.2 Å². The molecule has 0 fully saturated rings. The number of hydrogen-bond donors (Lipinski definition) is 2. The van der Waals surface area contributed by atoms with Crippen molar-refractivity contribution in [3.8, 4) is 5.69 Å². The molecule has 0 saturated carbocycles. The molecular weight excluding hydrogens is 378 g/mol. The third-order valence-corrected chi connectivity index (χ3v) is 4.72. The molecule has 0 aliphatic rings. The number of thioether (sulfide) groups is 1. The normalized spacial score (nSPS) is 10.5. The number of hydrogen-bond acceptors (Lipinski definition) is 5. The molecule has 3 aromatic rings. The third kappa shape index (κ3) is 4.66. The van der Waals surface area contributed by atoms with Gasteiger partial charge in [-0.3, -0.25) is 14.2 Å². The Morgan fingerprint density at radius 2 is 1.79 bits per heavy atom. The van der Waals surface area contributed by atoms with Gasteiger partial charge in [0.25, 0.3) is 5.56 Å². The minimum absolute atomic E-state index is 0.0450. The van der Waals surface area contributed by atoms with Gasteiger partial charge >= 0.3 is 5.97 Å². The van der Waals surface area contributed by atoms with E-state index in [2.05, 4.69) is 10.3 Å². The van der Waals surface area contributed by atoms with E-state index in [0.717, 1.165) is 11.8 Å². The first-order valence-corrected chi connectivity index (χ1v) is 9.35. The number of para-hydroxylation sites is 1. The molecule has 0 saturated heterocycles. The Morgan fingerprint density at radius 3 is 2.43 bits per heavy atom. The number of amides is 1. The summed E-state index contributed by atoms with van der Waals surface area (Å²) in [5, 5.41) is 12.0. The molecule has 1 heterocycles. The monoisotopic (exact) mass is 395 g/mol. The number of anilines is 1. The lowest BCUT2D eigenvalue weighted by Crippen LogP contribution is -2.22. The van der Waals surface area contributed by atoms with Gasteiger partial charge in [-0.2, -0.15) is 0 Å². The maximum atomic E-state index is 12.4. The molecule has 7 nitrogen and oxygen atoms in total. The van der Waals surface area contributed by atoms with Crippen LogP contribution in [0.25, 0.3) is 5.69 Å². The first-order valence-electron chi connectivity index (χ1n) is 8.36. The lowest BCUT2D eigenvalue weighted by molar-refractivity contribution is -0.113. The zero-order chi connectivity index (χ0) is 20.1. The Balaban J connectivity index is 1.74. The average Bonchev–Trinajstić information content (AvgIpc) is 2.67. The van der Waals surface area contributed by atoms with Gasteiger partial charge in [0.2, 0.25) is 5.91 Å². The van der Waals surface area contributed by atoms with Crippen molar-refractivity contribution < 1.29 is 14.7 Å². The smallest absolute Gasteiger partial charge is 0.335 e. The predicted molar refractivity (Wildman–Crippen MR) is 107 cm³/mol. The standard InChI is InChI=1S/C20H17N3O4S/c1-13-11-18(25)23(16-5-3-2-4-6-16)20(21-13)28-12-17(24)22-15-9-7-14(8-10-15)19(26)27/h2-11H,12H2,1H3,(H,22,24)(H,26,27). The van der Waals surface area contributed by atoms with Crippen LogP contribution in [-0.2, 0) is 4.79 Å². The van der Waals surface area contributed by atoms with Crippen LogP contribution >= 0.6 is 11.8 Å². The van der Waals surface area contributed by atoms with Gasteiger partial charge in [0.15, 0.2) is 5.16 Å². The van der Waals surface area contributed by atoms with E-state index in [1.54, 1.807) is 19.1 Å². The Morgan fingerprint density at radius 1 is 1.11 bits per heavy atom. The van der Waals surface area contributed by atoms with Crippen molar-refractivity contribution in [1.29, 1.82) is 0 Å². The lowest BCUT2D eigenvalue weighted by Gasteiger charge is -2.12. The number of rotatable bonds is 6. The molecule has 0 unspecified atom stereocenters. The Kier molecular flexibility index (Phi) is 5.90. The van der Waals surface area contributed by atoms with Crippen LogP contribution in [0.5, 0.6) is 0 Å². The number of aromatic nitrogens is 2. The van der Waals surface area contributed by atoms with Crippen molar-refractivity contribution >= 4 is 29.3 Å². The number of aromatic carboxylic acids is 1.